The first-order valence-corrected chi connectivity index (χ1v) is 13.4. The van der Waals surface area contributed by atoms with Crippen LogP contribution in [0.1, 0.15) is 19.8 Å². The maximum Gasteiger partial charge on any atom is 0.186 e. The van der Waals surface area contributed by atoms with Crippen molar-refractivity contribution in [2.75, 3.05) is 32.8 Å². The normalized spacial score (nSPS) is 47.1. The molecule has 0 aromatic heterocycles. The summed E-state index contributed by atoms with van der Waals surface area (Å²) in [5.41, 5.74) is 24.4. The molecule has 224 valence electrons. The van der Waals surface area contributed by atoms with Crippen molar-refractivity contribution in [1.29, 1.82) is 0 Å². The quantitative estimate of drug-likeness (QED) is 0.113. The molecule has 15 heteroatoms. The van der Waals surface area contributed by atoms with Crippen LogP contribution < -0.4 is 33.6 Å². The van der Waals surface area contributed by atoms with E-state index in [4.69, 9.17) is 37.1 Å². The van der Waals surface area contributed by atoms with Gasteiger partial charge >= 0.3 is 0 Å². The fourth-order valence-electron chi connectivity index (χ4n) is 5.67. The van der Waals surface area contributed by atoms with Crippen molar-refractivity contribution in [3.05, 3.63) is 0 Å². The third-order valence-corrected chi connectivity index (χ3v) is 7.94. The molecule has 38 heavy (non-hydrogen) atoms. The minimum atomic E-state index is -1.46. The van der Waals surface area contributed by atoms with Crippen LogP contribution in [0.4, 0.5) is 0 Å². The first-order valence-electron chi connectivity index (χ1n) is 13.4. The average Bonchev–Trinajstić information content (AvgIpc) is 2.89. The molecule has 0 spiro atoms. The van der Waals surface area contributed by atoms with Gasteiger partial charge in [0.15, 0.2) is 6.29 Å². The summed E-state index contributed by atoms with van der Waals surface area (Å²) < 4.78 is 17.9. The fourth-order valence-corrected chi connectivity index (χ4v) is 5.67. The molecule has 0 bridgehead atoms. The lowest BCUT2D eigenvalue weighted by atomic mass is 9.72. The molecule has 2 heterocycles. The van der Waals surface area contributed by atoms with Gasteiger partial charge in [-0.1, -0.05) is 6.92 Å². The van der Waals surface area contributed by atoms with E-state index >= 15 is 0 Å². The Bertz CT molecular complexity index is 714. The molecule has 15 nitrogen and oxygen atoms in total. The van der Waals surface area contributed by atoms with Crippen LogP contribution in [0.15, 0.2) is 0 Å². The van der Waals surface area contributed by atoms with E-state index in [9.17, 15) is 30.6 Å². The van der Waals surface area contributed by atoms with Crippen molar-refractivity contribution in [3.8, 4) is 0 Å². The molecule has 3 fully saturated rings. The number of aliphatic hydroxyl groups is 6. The lowest BCUT2D eigenvalue weighted by molar-refractivity contribution is -0.307. The van der Waals surface area contributed by atoms with Crippen LogP contribution in [-0.2, 0) is 14.2 Å². The van der Waals surface area contributed by atoms with Crippen molar-refractivity contribution in [1.82, 2.24) is 10.6 Å². The predicted octanol–water partition coefficient (Wildman–Crippen LogP) is -6.42. The van der Waals surface area contributed by atoms with Crippen molar-refractivity contribution in [2.45, 2.75) is 105 Å². The van der Waals surface area contributed by atoms with Gasteiger partial charge < -0.3 is 78.4 Å². The summed E-state index contributed by atoms with van der Waals surface area (Å²) in [6.45, 7) is 2.55. The zero-order chi connectivity index (χ0) is 28.1. The standard InChI is InChI=1S/C23H48N6O9/c1-2-28-7-14-13(32)4-11(26)21(36-14)16-10(25)3-12(29-6-9(31)5-24)22(19(16)34)38-23-20(35)17(27)18(33)15(8-30)37-23/h9-23,28-35H,2-8,24-27H2,1H3. The zero-order valence-electron chi connectivity index (χ0n) is 21.8. The van der Waals surface area contributed by atoms with E-state index in [0.717, 1.165) is 0 Å². The Balaban J connectivity index is 1.84. The summed E-state index contributed by atoms with van der Waals surface area (Å²) in [4.78, 5) is 0. The second kappa shape index (κ2) is 14.3. The van der Waals surface area contributed by atoms with Gasteiger partial charge in [0.05, 0.1) is 43.2 Å². The van der Waals surface area contributed by atoms with Gasteiger partial charge in [-0.25, -0.2) is 0 Å². The number of nitrogens with two attached hydrogens (primary N) is 4. The smallest absolute Gasteiger partial charge is 0.186 e. The second-order valence-electron chi connectivity index (χ2n) is 10.7. The Morgan fingerprint density at radius 2 is 1.68 bits per heavy atom. The molecule has 1 saturated carbocycles. The van der Waals surface area contributed by atoms with Crippen LogP contribution in [0.2, 0.25) is 0 Å². The number of rotatable bonds is 11. The lowest BCUT2D eigenvalue weighted by Gasteiger charge is -2.51. The van der Waals surface area contributed by atoms with Gasteiger partial charge in [0.1, 0.15) is 24.4 Å². The lowest BCUT2D eigenvalue weighted by Crippen LogP contribution is -2.69. The number of hydrogen-bond donors (Lipinski definition) is 12. The molecule has 3 rings (SSSR count). The van der Waals surface area contributed by atoms with Gasteiger partial charge in [0.25, 0.3) is 0 Å². The molecule has 2 saturated heterocycles. The molecule has 1 aliphatic carbocycles. The second-order valence-corrected chi connectivity index (χ2v) is 10.7. The summed E-state index contributed by atoms with van der Waals surface area (Å²) >= 11 is 0. The van der Waals surface area contributed by atoms with Gasteiger partial charge in [-0.15, -0.1) is 0 Å². The molecule has 2 aliphatic heterocycles. The van der Waals surface area contributed by atoms with Crippen LogP contribution in [0.25, 0.3) is 0 Å². The van der Waals surface area contributed by atoms with Gasteiger partial charge in [0, 0.05) is 43.7 Å². The van der Waals surface area contributed by atoms with Crippen molar-refractivity contribution in [3.63, 3.8) is 0 Å². The Kier molecular flexibility index (Phi) is 12.0. The molecule has 0 radical (unpaired) electrons. The van der Waals surface area contributed by atoms with Gasteiger partial charge in [-0.05, 0) is 19.4 Å². The van der Waals surface area contributed by atoms with Gasteiger partial charge in [0.2, 0.25) is 0 Å². The highest BCUT2D eigenvalue weighted by molar-refractivity contribution is 5.06. The highest BCUT2D eigenvalue weighted by Gasteiger charge is 2.53. The highest BCUT2D eigenvalue weighted by Crippen LogP contribution is 2.36. The monoisotopic (exact) mass is 552 g/mol. The molecule has 0 amide bonds. The maximum atomic E-state index is 11.6. The third-order valence-electron chi connectivity index (χ3n) is 7.94. The zero-order valence-corrected chi connectivity index (χ0v) is 21.8. The molecule has 16 N–H and O–H groups in total. The van der Waals surface area contributed by atoms with Crippen molar-refractivity contribution < 1.29 is 44.8 Å². The Labute approximate surface area is 222 Å². The van der Waals surface area contributed by atoms with Crippen molar-refractivity contribution >= 4 is 0 Å². The number of ether oxygens (including phenoxy) is 3. The minimum Gasteiger partial charge on any atom is -0.394 e. The summed E-state index contributed by atoms with van der Waals surface area (Å²) in [7, 11) is 0. The summed E-state index contributed by atoms with van der Waals surface area (Å²) in [6, 6.07) is -2.99. The molecular weight excluding hydrogens is 504 g/mol. The molecule has 15 atom stereocenters. The summed E-state index contributed by atoms with van der Waals surface area (Å²) in [5, 5.41) is 68.8. The molecule has 3 aliphatic rings. The number of hydrogen-bond acceptors (Lipinski definition) is 15. The first kappa shape index (κ1) is 31.9. The first-order chi connectivity index (χ1) is 18.0. The van der Waals surface area contributed by atoms with Crippen LogP contribution >= 0.6 is 0 Å². The SMILES string of the molecule is CCNCC1OC(C2C(N)CC(NCC(O)CN)C(OC3OC(CO)C(O)C(N)C3O)C2O)C(N)CC1O. The predicted molar refractivity (Wildman–Crippen MR) is 135 cm³/mol. The van der Waals surface area contributed by atoms with Crippen molar-refractivity contribution in [2.24, 2.45) is 28.9 Å². The van der Waals surface area contributed by atoms with Crippen LogP contribution in [0, 0.1) is 5.92 Å². The van der Waals surface area contributed by atoms with Crippen LogP contribution in [0.3, 0.4) is 0 Å². The van der Waals surface area contributed by atoms with E-state index < -0.39 is 97.9 Å². The van der Waals surface area contributed by atoms with Gasteiger partial charge in [-0.2, -0.15) is 0 Å². The fraction of sp³-hybridized carbons (Fsp3) is 1.00. The molecular formula is C23H48N6O9. The number of aliphatic hydroxyl groups excluding tert-OH is 6. The Morgan fingerprint density at radius 1 is 0.974 bits per heavy atom. The number of likely N-dealkylation sites (N-methyl/N-ethyl adjacent to an activating group) is 1. The highest BCUT2D eigenvalue weighted by atomic mass is 16.7. The largest absolute Gasteiger partial charge is 0.394 e. The van der Waals surface area contributed by atoms with E-state index in [2.05, 4.69) is 10.6 Å². The molecule has 0 aromatic rings. The summed E-state index contributed by atoms with van der Waals surface area (Å²) in [5.74, 6) is -0.710. The van der Waals surface area contributed by atoms with E-state index in [1.165, 1.54) is 0 Å². The van der Waals surface area contributed by atoms with Crippen LogP contribution in [-0.4, -0.2) is 149 Å². The topological polar surface area (TPSA) is 277 Å². The Hall–Kier alpha value is -0.600. The van der Waals surface area contributed by atoms with Crippen LogP contribution in [0.5, 0.6) is 0 Å². The minimum absolute atomic E-state index is 0.0120. The average molecular weight is 553 g/mol. The van der Waals surface area contributed by atoms with Gasteiger partial charge in [-0.3, -0.25) is 0 Å². The maximum absolute atomic E-state index is 11.6. The van der Waals surface area contributed by atoms with E-state index in [0.29, 0.717) is 13.1 Å². The number of nitrogens with one attached hydrogen (secondary N) is 2. The summed E-state index contributed by atoms with van der Waals surface area (Å²) in [6.07, 6.45) is -9.97. The molecule has 15 unspecified atom stereocenters. The Morgan fingerprint density at radius 3 is 2.32 bits per heavy atom. The third kappa shape index (κ3) is 7.18. The van der Waals surface area contributed by atoms with E-state index in [1.807, 2.05) is 6.92 Å². The molecule has 0 aromatic carbocycles. The van der Waals surface area contributed by atoms with E-state index in [1.54, 1.807) is 0 Å². The van der Waals surface area contributed by atoms with E-state index in [-0.39, 0.29) is 25.9 Å².